The Bertz CT molecular complexity index is 1470. The van der Waals surface area contributed by atoms with Crippen molar-refractivity contribution in [2.45, 2.75) is 6.52 Å². The van der Waals surface area contributed by atoms with E-state index in [2.05, 4.69) is 4.98 Å². The van der Waals surface area contributed by atoms with Crippen LogP contribution in [0, 0.1) is 5.82 Å². The highest BCUT2D eigenvalue weighted by atomic mass is 19.1. The monoisotopic (exact) mass is 496 g/mol. The molecule has 1 amide bonds. The highest BCUT2D eigenvalue weighted by molar-refractivity contribution is 6.06. The fourth-order valence-electron chi connectivity index (χ4n) is 3.71. The molecular weight excluding hydrogens is 469 g/mol. The normalized spacial score (nSPS) is 12.1. The summed E-state index contributed by atoms with van der Waals surface area (Å²) in [5.41, 5.74) is 3.45. The number of carbonyl (C=O) groups excluding carboxylic acids is 1. The van der Waals surface area contributed by atoms with Crippen molar-refractivity contribution >= 4 is 29.3 Å². The zero-order valence-corrected chi connectivity index (χ0v) is 20.4. The first kappa shape index (κ1) is 23.9. The van der Waals surface area contributed by atoms with Gasteiger partial charge < -0.3 is 14.9 Å². The Balaban J connectivity index is 1.73. The molecule has 3 aromatic carbocycles. The largest absolute Gasteiger partial charge is 0.478 e. The number of carbonyl (C=O) groups is 2. The summed E-state index contributed by atoms with van der Waals surface area (Å²) in [5.74, 6) is -2.28. The van der Waals surface area contributed by atoms with Gasteiger partial charge in [-0.25, -0.2) is 9.18 Å². The Hall–Kier alpha value is -4.78. The number of amides is 1. The predicted molar refractivity (Wildman–Crippen MR) is 144 cm³/mol. The maximum Gasteiger partial charge on any atom is 0.328 e. The Morgan fingerprint density at radius 2 is 1.65 bits per heavy atom. The number of aliphatic carboxylic acids is 1. The number of hydrogen-bond acceptors (Lipinski definition) is 4. The van der Waals surface area contributed by atoms with Crippen LogP contribution < -0.4 is 9.80 Å². The molecule has 4 rings (SSSR count). The molecular formula is C30H26FN3O3. The third kappa shape index (κ3) is 6.27. The van der Waals surface area contributed by atoms with Crippen LogP contribution in [0.2, 0.25) is 0 Å². The fourth-order valence-corrected chi connectivity index (χ4v) is 3.71. The Morgan fingerprint density at radius 1 is 0.946 bits per heavy atom. The highest BCUT2D eigenvalue weighted by Gasteiger charge is 2.20. The van der Waals surface area contributed by atoms with Crippen LogP contribution in [0.4, 0.5) is 15.8 Å². The van der Waals surface area contributed by atoms with Gasteiger partial charge in [-0.1, -0.05) is 42.5 Å². The molecule has 1 N–H and O–H groups in total. The topological polar surface area (TPSA) is 73.7 Å². The lowest BCUT2D eigenvalue weighted by molar-refractivity contribution is -0.131. The van der Waals surface area contributed by atoms with Crippen LogP contribution in [0.25, 0.3) is 17.2 Å². The van der Waals surface area contributed by atoms with E-state index in [1.807, 2.05) is 43.3 Å². The number of carboxylic acid groups (broad SMARTS) is 1. The van der Waals surface area contributed by atoms with Gasteiger partial charge in [-0.05, 0) is 59.2 Å². The lowest BCUT2D eigenvalue weighted by atomic mass is 10.0. The molecule has 0 radical (unpaired) electrons. The minimum absolute atomic E-state index is 0.00873. The number of hydrogen-bond donors (Lipinski definition) is 1. The molecule has 0 saturated heterocycles. The molecule has 37 heavy (non-hydrogen) atoms. The number of aromatic nitrogens is 1. The van der Waals surface area contributed by atoms with Crippen molar-refractivity contribution in [2.75, 3.05) is 23.9 Å². The van der Waals surface area contributed by atoms with Crippen LogP contribution in [0.15, 0.2) is 97.3 Å². The minimum atomic E-state index is -1.44. The first-order chi connectivity index (χ1) is 18.2. The molecule has 1 aromatic heterocycles. The van der Waals surface area contributed by atoms with Crippen molar-refractivity contribution in [2.24, 2.45) is 0 Å². The van der Waals surface area contributed by atoms with E-state index < -0.39 is 24.2 Å². The number of benzene rings is 3. The van der Waals surface area contributed by atoms with Gasteiger partial charge in [0.1, 0.15) is 5.82 Å². The van der Waals surface area contributed by atoms with Gasteiger partial charge in [-0.3, -0.25) is 9.78 Å². The Kier molecular flexibility index (Phi) is 7.31. The van der Waals surface area contributed by atoms with Crippen molar-refractivity contribution in [3.05, 3.63) is 120 Å². The van der Waals surface area contributed by atoms with E-state index in [-0.39, 0.29) is 11.3 Å². The number of halogens is 1. The zero-order chi connectivity index (χ0) is 27.2. The molecule has 1 heterocycles. The molecule has 7 heteroatoms. The second-order valence-corrected chi connectivity index (χ2v) is 8.50. The number of nitrogens with zero attached hydrogens (tertiary/aromatic N) is 3. The average molecular weight is 497 g/mol. The van der Waals surface area contributed by atoms with E-state index >= 15 is 4.39 Å². The molecule has 0 spiro atoms. The summed E-state index contributed by atoms with van der Waals surface area (Å²) in [5, 5.41) is 8.95. The molecule has 0 aliphatic heterocycles. The summed E-state index contributed by atoms with van der Waals surface area (Å²) < 4.78 is 24.4. The number of carboxylic acids is 1. The van der Waals surface area contributed by atoms with E-state index in [1.165, 1.54) is 36.7 Å². The fraction of sp³-hybridized carbons (Fsp3) is 0.100. The molecule has 0 fully saturated rings. The molecule has 186 valence electrons. The smallest absolute Gasteiger partial charge is 0.328 e. The van der Waals surface area contributed by atoms with Crippen molar-refractivity contribution in [1.82, 2.24) is 4.98 Å². The number of pyridine rings is 1. The molecule has 0 bridgehead atoms. The molecule has 1 unspecified atom stereocenters. The SMILES string of the molecule is [2H]C(c1ccc(-c2ccc(N(C)C)cc2)cc1F)N(C(=O)c1ccccc1)c1cncc(/C=C/C(=O)O)c1. The summed E-state index contributed by atoms with van der Waals surface area (Å²) in [7, 11) is 3.88. The van der Waals surface area contributed by atoms with Gasteiger partial charge >= 0.3 is 5.97 Å². The number of rotatable bonds is 8. The van der Waals surface area contributed by atoms with Crippen LogP contribution in [0.5, 0.6) is 0 Å². The lowest BCUT2D eigenvalue weighted by Gasteiger charge is -2.23. The third-order valence-corrected chi connectivity index (χ3v) is 5.67. The molecule has 0 aliphatic carbocycles. The molecule has 4 aromatic rings. The van der Waals surface area contributed by atoms with Gasteiger partial charge in [0.25, 0.3) is 5.91 Å². The van der Waals surface area contributed by atoms with E-state index in [1.54, 1.807) is 36.4 Å². The molecule has 1 atom stereocenters. The van der Waals surface area contributed by atoms with E-state index in [4.69, 9.17) is 6.48 Å². The first-order valence-electron chi connectivity index (χ1n) is 12.1. The summed E-state index contributed by atoms with van der Waals surface area (Å²) in [4.78, 5) is 31.7. The van der Waals surface area contributed by atoms with Crippen molar-refractivity contribution in [3.63, 3.8) is 0 Å². The van der Waals surface area contributed by atoms with Gasteiger partial charge in [0.15, 0.2) is 0 Å². The van der Waals surface area contributed by atoms with Crippen LogP contribution >= 0.6 is 0 Å². The van der Waals surface area contributed by atoms with Crippen LogP contribution in [0.1, 0.15) is 22.9 Å². The van der Waals surface area contributed by atoms with Crippen LogP contribution in [-0.4, -0.2) is 36.1 Å². The van der Waals surface area contributed by atoms with Crippen molar-refractivity contribution in [3.8, 4) is 11.1 Å². The van der Waals surface area contributed by atoms with Crippen molar-refractivity contribution < 1.29 is 20.5 Å². The Morgan fingerprint density at radius 3 is 2.30 bits per heavy atom. The second-order valence-electron chi connectivity index (χ2n) is 8.50. The maximum atomic E-state index is 15.5. The predicted octanol–water partition coefficient (Wildman–Crippen LogP) is 5.90. The van der Waals surface area contributed by atoms with Gasteiger partial charge in [0.05, 0.1) is 19.8 Å². The summed E-state index contributed by atoms with van der Waals surface area (Å²) >= 11 is 0. The van der Waals surface area contributed by atoms with Gasteiger partial charge in [0.2, 0.25) is 0 Å². The van der Waals surface area contributed by atoms with Gasteiger partial charge in [-0.2, -0.15) is 0 Å². The van der Waals surface area contributed by atoms with E-state index in [0.29, 0.717) is 16.7 Å². The second kappa shape index (κ2) is 11.3. The standard InChI is InChI=1S/C30H26FN3O3/c1-33(2)26-13-11-22(12-14-26)24-9-10-25(28(31)17-24)20-34(30(37)23-6-4-3-5-7-23)27-16-21(18-32-19-27)8-15-29(35)36/h3-19H,20H2,1-2H3,(H,35,36)/b15-8+/i20D. The van der Waals surface area contributed by atoms with Crippen LogP contribution in [-0.2, 0) is 11.3 Å². The third-order valence-electron chi connectivity index (χ3n) is 5.67. The van der Waals surface area contributed by atoms with Gasteiger partial charge in [0, 0.05) is 43.2 Å². The van der Waals surface area contributed by atoms with Crippen LogP contribution in [0.3, 0.4) is 0 Å². The lowest BCUT2D eigenvalue weighted by Crippen LogP contribution is -2.31. The van der Waals surface area contributed by atoms with E-state index in [0.717, 1.165) is 22.2 Å². The molecule has 0 aliphatic rings. The Labute approximate surface area is 216 Å². The quantitative estimate of drug-likeness (QED) is 0.308. The summed E-state index contributed by atoms with van der Waals surface area (Å²) in [6.45, 7) is -1.44. The number of anilines is 2. The summed E-state index contributed by atoms with van der Waals surface area (Å²) in [6.07, 6.45) is 5.11. The molecule has 6 nitrogen and oxygen atoms in total. The highest BCUT2D eigenvalue weighted by Crippen LogP contribution is 2.27. The first-order valence-corrected chi connectivity index (χ1v) is 11.5. The molecule has 0 saturated carbocycles. The van der Waals surface area contributed by atoms with Crippen molar-refractivity contribution in [1.29, 1.82) is 0 Å². The van der Waals surface area contributed by atoms with Gasteiger partial charge in [-0.15, -0.1) is 0 Å². The summed E-state index contributed by atoms with van der Waals surface area (Å²) in [6, 6.07) is 22.2. The minimum Gasteiger partial charge on any atom is -0.478 e. The maximum absolute atomic E-state index is 15.5. The average Bonchev–Trinajstić information content (AvgIpc) is 2.92. The zero-order valence-electron chi connectivity index (χ0n) is 21.4. The van der Waals surface area contributed by atoms with E-state index in [9.17, 15) is 9.59 Å².